The molecule has 3 nitrogen and oxygen atoms in total. The monoisotopic (exact) mass is 387 g/mol. The standard InChI is InChI=1S/C23H37N3S/c1-2-26-21(16-27-22(26)25-20-6-4-3-5-7-20)8-9-24-23-13-17-10-18(14-23)12-19(11-17)15-23/h16-20,24H,2-15H2,1H3. The molecule has 6 rings (SSSR count). The van der Waals surface area contributed by atoms with Gasteiger partial charge in [-0.2, -0.15) is 0 Å². The molecule has 0 radical (unpaired) electrons. The zero-order chi connectivity index (χ0) is 18.3. The van der Waals surface area contributed by atoms with Crippen molar-refractivity contribution in [1.29, 1.82) is 0 Å². The average molecular weight is 388 g/mol. The number of aromatic nitrogens is 1. The van der Waals surface area contributed by atoms with Crippen LogP contribution >= 0.6 is 11.3 Å². The minimum Gasteiger partial charge on any atom is -0.321 e. The van der Waals surface area contributed by atoms with E-state index in [0.29, 0.717) is 11.6 Å². The molecule has 5 saturated carbocycles. The molecule has 0 saturated heterocycles. The Morgan fingerprint density at radius 2 is 1.74 bits per heavy atom. The van der Waals surface area contributed by atoms with Crippen molar-refractivity contribution in [3.05, 3.63) is 15.9 Å². The number of nitrogens with one attached hydrogen (secondary N) is 1. The maximum atomic E-state index is 5.13. The van der Waals surface area contributed by atoms with Gasteiger partial charge in [0, 0.05) is 36.1 Å². The second kappa shape index (κ2) is 7.67. The van der Waals surface area contributed by atoms with Crippen LogP contribution in [-0.2, 0) is 13.0 Å². The summed E-state index contributed by atoms with van der Waals surface area (Å²) in [7, 11) is 0. The molecule has 0 spiro atoms. The molecule has 5 fully saturated rings. The van der Waals surface area contributed by atoms with E-state index in [-0.39, 0.29) is 0 Å². The van der Waals surface area contributed by atoms with Gasteiger partial charge in [-0.25, -0.2) is 0 Å². The van der Waals surface area contributed by atoms with E-state index < -0.39 is 0 Å². The fraction of sp³-hybridized carbons (Fsp3) is 0.870. The van der Waals surface area contributed by atoms with Crippen LogP contribution in [0.15, 0.2) is 10.4 Å². The summed E-state index contributed by atoms with van der Waals surface area (Å²) < 4.78 is 2.49. The van der Waals surface area contributed by atoms with Crippen LogP contribution in [0.3, 0.4) is 0 Å². The van der Waals surface area contributed by atoms with Crippen molar-refractivity contribution in [2.45, 2.75) is 102 Å². The van der Waals surface area contributed by atoms with Crippen LogP contribution in [0.2, 0.25) is 0 Å². The molecule has 1 heterocycles. The lowest BCUT2D eigenvalue weighted by molar-refractivity contribution is -0.0193. The molecule has 1 aromatic heterocycles. The molecule has 0 atom stereocenters. The molecule has 4 bridgehead atoms. The molecule has 4 heteroatoms. The zero-order valence-electron chi connectivity index (χ0n) is 17.1. The second-order valence-corrected chi connectivity index (χ2v) is 10.9. The van der Waals surface area contributed by atoms with Gasteiger partial charge in [0.25, 0.3) is 0 Å². The van der Waals surface area contributed by atoms with Crippen LogP contribution in [0.1, 0.15) is 83.2 Å². The number of thiazole rings is 1. The van der Waals surface area contributed by atoms with Crippen molar-refractivity contribution in [2.75, 3.05) is 6.54 Å². The molecule has 0 aromatic carbocycles. The number of rotatable bonds is 6. The molecule has 5 aliphatic carbocycles. The highest BCUT2D eigenvalue weighted by Crippen LogP contribution is 2.55. The van der Waals surface area contributed by atoms with Crippen LogP contribution in [-0.4, -0.2) is 22.7 Å². The fourth-order valence-electron chi connectivity index (χ4n) is 7.15. The Morgan fingerprint density at radius 3 is 2.37 bits per heavy atom. The highest BCUT2D eigenvalue weighted by atomic mass is 32.1. The van der Waals surface area contributed by atoms with Crippen LogP contribution in [0.4, 0.5) is 0 Å². The van der Waals surface area contributed by atoms with Crippen molar-refractivity contribution in [2.24, 2.45) is 22.7 Å². The lowest BCUT2D eigenvalue weighted by Gasteiger charge is -2.57. The van der Waals surface area contributed by atoms with Crippen LogP contribution in [0.5, 0.6) is 0 Å². The first-order valence-electron chi connectivity index (χ1n) is 11.7. The number of hydrogen-bond donors (Lipinski definition) is 1. The van der Waals surface area contributed by atoms with Gasteiger partial charge in [-0.3, -0.25) is 4.99 Å². The van der Waals surface area contributed by atoms with Gasteiger partial charge in [-0.1, -0.05) is 19.3 Å². The third-order valence-corrected chi connectivity index (χ3v) is 8.91. The Bertz CT molecular complexity index is 674. The van der Waals surface area contributed by atoms with E-state index in [1.807, 2.05) is 11.3 Å². The summed E-state index contributed by atoms with van der Waals surface area (Å²) in [6, 6.07) is 0.577. The topological polar surface area (TPSA) is 29.3 Å². The van der Waals surface area contributed by atoms with Gasteiger partial charge >= 0.3 is 0 Å². The SMILES string of the molecule is CCn1c(CCNC23CC4CC(CC(C4)C2)C3)csc1=NC1CCCCC1. The summed E-state index contributed by atoms with van der Waals surface area (Å²) in [5, 5.41) is 6.46. The summed E-state index contributed by atoms with van der Waals surface area (Å²) in [5.74, 6) is 3.10. The molecule has 0 amide bonds. The van der Waals surface area contributed by atoms with E-state index in [1.165, 1.54) is 81.1 Å². The van der Waals surface area contributed by atoms with Gasteiger partial charge in [0.2, 0.25) is 0 Å². The van der Waals surface area contributed by atoms with E-state index in [4.69, 9.17) is 4.99 Å². The molecule has 27 heavy (non-hydrogen) atoms. The number of nitrogens with zero attached hydrogens (tertiary/aromatic N) is 2. The summed E-state index contributed by atoms with van der Waals surface area (Å²) in [5.41, 5.74) is 1.99. The van der Waals surface area contributed by atoms with E-state index in [0.717, 1.165) is 37.3 Å². The molecule has 5 aliphatic rings. The molecule has 0 aliphatic heterocycles. The predicted molar refractivity (Wildman–Crippen MR) is 113 cm³/mol. The highest BCUT2D eigenvalue weighted by Gasteiger charge is 2.50. The molecular weight excluding hydrogens is 350 g/mol. The summed E-state index contributed by atoms with van der Waals surface area (Å²) >= 11 is 1.87. The van der Waals surface area contributed by atoms with Crippen molar-refractivity contribution in [3.8, 4) is 0 Å². The Morgan fingerprint density at radius 1 is 1.07 bits per heavy atom. The Balaban J connectivity index is 1.23. The summed E-state index contributed by atoms with van der Waals surface area (Å²) in [6.45, 7) is 4.48. The quantitative estimate of drug-likeness (QED) is 0.739. The molecule has 1 N–H and O–H groups in total. The summed E-state index contributed by atoms with van der Waals surface area (Å²) in [4.78, 5) is 6.41. The summed E-state index contributed by atoms with van der Waals surface area (Å²) in [6.07, 6.45) is 16.9. The first-order valence-corrected chi connectivity index (χ1v) is 12.6. The van der Waals surface area contributed by atoms with Gasteiger partial charge in [-0.05, 0) is 76.0 Å². The van der Waals surface area contributed by atoms with Crippen molar-refractivity contribution in [1.82, 2.24) is 9.88 Å². The Labute approximate surface area is 168 Å². The van der Waals surface area contributed by atoms with E-state index in [2.05, 4.69) is 22.2 Å². The fourth-order valence-corrected chi connectivity index (χ4v) is 8.22. The smallest absolute Gasteiger partial charge is 0.185 e. The zero-order valence-corrected chi connectivity index (χ0v) is 17.9. The molecule has 1 aromatic rings. The maximum Gasteiger partial charge on any atom is 0.185 e. The van der Waals surface area contributed by atoms with Gasteiger partial charge in [0.15, 0.2) is 4.80 Å². The van der Waals surface area contributed by atoms with Crippen molar-refractivity contribution >= 4 is 11.3 Å². The normalized spacial score (nSPS) is 36.6. The van der Waals surface area contributed by atoms with Crippen molar-refractivity contribution in [3.63, 3.8) is 0 Å². The largest absolute Gasteiger partial charge is 0.321 e. The predicted octanol–water partition coefficient (Wildman–Crippen LogP) is 4.90. The average Bonchev–Trinajstić information content (AvgIpc) is 3.03. The molecule has 150 valence electrons. The lowest BCUT2D eigenvalue weighted by Crippen LogP contribution is -2.58. The van der Waals surface area contributed by atoms with E-state index in [1.54, 1.807) is 0 Å². The van der Waals surface area contributed by atoms with Gasteiger partial charge in [0.05, 0.1) is 6.04 Å². The number of hydrogen-bond acceptors (Lipinski definition) is 3. The third kappa shape index (κ3) is 3.81. The minimum atomic E-state index is 0.497. The van der Waals surface area contributed by atoms with E-state index >= 15 is 0 Å². The molecular formula is C23H37N3S. The van der Waals surface area contributed by atoms with Gasteiger partial charge in [0.1, 0.15) is 0 Å². The second-order valence-electron chi connectivity index (χ2n) is 10.0. The highest BCUT2D eigenvalue weighted by molar-refractivity contribution is 7.07. The van der Waals surface area contributed by atoms with E-state index in [9.17, 15) is 0 Å². The van der Waals surface area contributed by atoms with Crippen molar-refractivity contribution < 1.29 is 0 Å². The Kier molecular flexibility index (Phi) is 5.23. The van der Waals surface area contributed by atoms with Crippen LogP contribution in [0.25, 0.3) is 0 Å². The lowest BCUT2D eigenvalue weighted by atomic mass is 9.53. The molecule has 0 unspecified atom stereocenters. The first-order chi connectivity index (χ1) is 13.2. The maximum absolute atomic E-state index is 5.13. The first kappa shape index (κ1) is 18.4. The third-order valence-electron chi connectivity index (χ3n) is 7.98. The van der Waals surface area contributed by atoms with Gasteiger partial charge < -0.3 is 9.88 Å². The van der Waals surface area contributed by atoms with Crippen LogP contribution in [0, 0.1) is 17.8 Å². The Hall–Kier alpha value is -0.610. The van der Waals surface area contributed by atoms with Crippen LogP contribution < -0.4 is 10.1 Å². The van der Waals surface area contributed by atoms with Gasteiger partial charge in [-0.15, -0.1) is 11.3 Å². The minimum absolute atomic E-state index is 0.497.